The third-order valence-corrected chi connectivity index (χ3v) is 1.17. The Balaban J connectivity index is 3.76. The van der Waals surface area contributed by atoms with E-state index in [9.17, 15) is 9.59 Å². The molecular formula is C8H15NO2. The van der Waals surface area contributed by atoms with Crippen LogP contribution in [0, 0.1) is 5.92 Å². The van der Waals surface area contributed by atoms with Crippen LogP contribution in [-0.4, -0.2) is 30.2 Å². The molecule has 0 aliphatic rings. The van der Waals surface area contributed by atoms with Gasteiger partial charge in [0.2, 0.25) is 6.41 Å². The Bertz CT molecular complexity index is 143. The minimum atomic E-state index is 0.0257. The first-order chi connectivity index (χ1) is 5.06. The number of carbonyl (C=O) groups excluding carboxylic acids is 2. The molecule has 0 atom stereocenters. The summed E-state index contributed by atoms with van der Waals surface area (Å²) in [6.45, 7) is 6.40. The van der Waals surface area contributed by atoms with Crippen LogP contribution in [0.2, 0.25) is 0 Å². The van der Waals surface area contributed by atoms with Crippen molar-refractivity contribution in [2.75, 3.05) is 13.1 Å². The van der Waals surface area contributed by atoms with Gasteiger partial charge in [-0.05, 0) is 12.8 Å². The van der Waals surface area contributed by atoms with E-state index in [4.69, 9.17) is 0 Å². The van der Waals surface area contributed by atoms with Gasteiger partial charge in [0.1, 0.15) is 5.78 Å². The lowest BCUT2D eigenvalue weighted by molar-refractivity contribution is -0.125. The number of rotatable bonds is 5. The first kappa shape index (κ1) is 10.1. The average Bonchev–Trinajstić information content (AvgIpc) is 1.84. The predicted molar refractivity (Wildman–Crippen MR) is 43.2 cm³/mol. The van der Waals surface area contributed by atoms with E-state index in [1.54, 1.807) is 0 Å². The number of hydrogen-bond donors (Lipinski definition) is 0. The summed E-state index contributed by atoms with van der Waals surface area (Å²) in [6.07, 6.45) is 0.724. The summed E-state index contributed by atoms with van der Waals surface area (Å²) in [7, 11) is 0. The number of amides is 1. The van der Waals surface area contributed by atoms with Crippen LogP contribution in [-0.2, 0) is 9.59 Å². The molecule has 0 unspecified atom stereocenters. The molecule has 0 saturated heterocycles. The van der Waals surface area contributed by atoms with Crippen molar-refractivity contribution in [3.63, 3.8) is 0 Å². The molecule has 0 fully saturated rings. The van der Waals surface area contributed by atoms with Crippen LogP contribution in [0.4, 0.5) is 0 Å². The zero-order chi connectivity index (χ0) is 8.85. The normalized spacial score (nSPS) is 9.82. The predicted octanol–water partition coefficient (Wildman–Crippen LogP) is 0.690. The van der Waals surface area contributed by atoms with Gasteiger partial charge in [-0.1, -0.05) is 13.8 Å². The molecule has 0 rings (SSSR count). The first-order valence-corrected chi connectivity index (χ1v) is 3.75. The largest absolute Gasteiger partial charge is 0.338 e. The summed E-state index contributed by atoms with van der Waals surface area (Å²) in [4.78, 5) is 22.4. The summed E-state index contributed by atoms with van der Waals surface area (Å²) in [5.41, 5.74) is 0. The van der Waals surface area contributed by atoms with Crippen LogP contribution >= 0.6 is 0 Å². The van der Waals surface area contributed by atoms with Crippen molar-refractivity contribution in [3.8, 4) is 0 Å². The molecule has 3 heteroatoms. The van der Waals surface area contributed by atoms with Crippen molar-refractivity contribution in [2.24, 2.45) is 5.92 Å². The van der Waals surface area contributed by atoms with Gasteiger partial charge in [-0.3, -0.25) is 9.59 Å². The molecule has 0 spiro atoms. The van der Waals surface area contributed by atoms with E-state index in [0.717, 1.165) is 6.41 Å². The van der Waals surface area contributed by atoms with E-state index in [2.05, 4.69) is 0 Å². The molecule has 0 aromatic rings. The monoisotopic (exact) mass is 157 g/mol. The highest BCUT2D eigenvalue weighted by atomic mass is 16.1. The Morgan fingerprint density at radius 3 is 2.36 bits per heavy atom. The van der Waals surface area contributed by atoms with Gasteiger partial charge in [-0.2, -0.15) is 0 Å². The second kappa shape index (κ2) is 4.88. The van der Waals surface area contributed by atoms with Crippen molar-refractivity contribution < 1.29 is 9.59 Å². The molecule has 3 nitrogen and oxygen atoms in total. The van der Waals surface area contributed by atoms with Gasteiger partial charge in [0.25, 0.3) is 0 Å². The lowest BCUT2D eigenvalue weighted by Gasteiger charge is -2.17. The SMILES string of the molecule is CC(=O)CN(C=O)CC(C)C. The maximum atomic E-state index is 10.6. The van der Waals surface area contributed by atoms with Gasteiger partial charge in [-0.15, -0.1) is 0 Å². The molecule has 11 heavy (non-hydrogen) atoms. The highest BCUT2D eigenvalue weighted by Gasteiger charge is 2.05. The average molecular weight is 157 g/mol. The highest BCUT2D eigenvalue weighted by Crippen LogP contribution is 1.95. The van der Waals surface area contributed by atoms with E-state index in [0.29, 0.717) is 12.5 Å². The minimum Gasteiger partial charge on any atom is -0.338 e. The Morgan fingerprint density at radius 1 is 1.55 bits per heavy atom. The smallest absolute Gasteiger partial charge is 0.210 e. The van der Waals surface area contributed by atoms with Gasteiger partial charge in [0.05, 0.1) is 6.54 Å². The molecule has 0 radical (unpaired) electrons. The minimum absolute atomic E-state index is 0.0257. The maximum absolute atomic E-state index is 10.6. The Kier molecular flexibility index (Phi) is 4.50. The van der Waals surface area contributed by atoms with Crippen molar-refractivity contribution in [3.05, 3.63) is 0 Å². The number of hydrogen-bond acceptors (Lipinski definition) is 2. The Hall–Kier alpha value is -0.860. The number of ketones is 1. The summed E-state index contributed by atoms with van der Waals surface area (Å²) in [5, 5.41) is 0. The van der Waals surface area contributed by atoms with Crippen molar-refractivity contribution >= 4 is 12.2 Å². The quantitative estimate of drug-likeness (QED) is 0.550. The second-order valence-corrected chi connectivity index (χ2v) is 3.13. The topological polar surface area (TPSA) is 37.4 Å². The van der Waals surface area contributed by atoms with E-state index >= 15 is 0 Å². The van der Waals surface area contributed by atoms with Gasteiger partial charge < -0.3 is 4.90 Å². The molecule has 0 N–H and O–H groups in total. The third kappa shape index (κ3) is 5.58. The zero-order valence-corrected chi connectivity index (χ0v) is 7.33. The molecule has 0 aliphatic heterocycles. The van der Waals surface area contributed by atoms with Crippen LogP contribution in [0.5, 0.6) is 0 Å². The third-order valence-electron chi connectivity index (χ3n) is 1.17. The molecular weight excluding hydrogens is 142 g/mol. The van der Waals surface area contributed by atoms with Crippen LogP contribution in [0.3, 0.4) is 0 Å². The van der Waals surface area contributed by atoms with Crippen LogP contribution in [0.25, 0.3) is 0 Å². The number of Topliss-reactive ketones (excluding diaryl/α,β-unsaturated/α-hetero) is 1. The fraction of sp³-hybridized carbons (Fsp3) is 0.750. The summed E-state index contributed by atoms with van der Waals surface area (Å²) in [6, 6.07) is 0. The zero-order valence-electron chi connectivity index (χ0n) is 7.33. The van der Waals surface area contributed by atoms with Gasteiger partial charge in [-0.25, -0.2) is 0 Å². The maximum Gasteiger partial charge on any atom is 0.210 e. The lowest BCUT2D eigenvalue weighted by Crippen LogP contribution is -2.30. The molecule has 0 aromatic heterocycles. The summed E-state index contributed by atoms with van der Waals surface area (Å²) < 4.78 is 0. The first-order valence-electron chi connectivity index (χ1n) is 3.75. The molecule has 0 aliphatic carbocycles. The fourth-order valence-corrected chi connectivity index (χ4v) is 0.900. The lowest BCUT2D eigenvalue weighted by atomic mass is 10.2. The fourth-order valence-electron chi connectivity index (χ4n) is 0.900. The summed E-state index contributed by atoms with van der Waals surface area (Å²) >= 11 is 0. The molecule has 0 bridgehead atoms. The van der Waals surface area contributed by atoms with Crippen LogP contribution in [0.1, 0.15) is 20.8 Å². The van der Waals surface area contributed by atoms with Gasteiger partial charge >= 0.3 is 0 Å². The van der Waals surface area contributed by atoms with E-state index in [1.807, 2.05) is 13.8 Å². The van der Waals surface area contributed by atoms with Crippen LogP contribution < -0.4 is 0 Å². The van der Waals surface area contributed by atoms with Gasteiger partial charge in [0, 0.05) is 6.54 Å². The standard InChI is InChI=1S/C8H15NO2/c1-7(2)4-9(6-10)5-8(3)11/h6-7H,4-5H2,1-3H3. The number of carbonyl (C=O) groups is 2. The molecule has 0 heterocycles. The Labute approximate surface area is 67.4 Å². The van der Waals surface area contributed by atoms with Crippen LogP contribution in [0.15, 0.2) is 0 Å². The molecule has 0 saturated carbocycles. The van der Waals surface area contributed by atoms with Crippen molar-refractivity contribution in [1.29, 1.82) is 0 Å². The Morgan fingerprint density at radius 2 is 2.09 bits per heavy atom. The number of nitrogens with zero attached hydrogens (tertiary/aromatic N) is 1. The van der Waals surface area contributed by atoms with E-state index < -0.39 is 0 Å². The molecule has 64 valence electrons. The van der Waals surface area contributed by atoms with E-state index in [-0.39, 0.29) is 12.3 Å². The van der Waals surface area contributed by atoms with Crippen molar-refractivity contribution in [2.45, 2.75) is 20.8 Å². The molecule has 1 amide bonds. The second-order valence-electron chi connectivity index (χ2n) is 3.13. The van der Waals surface area contributed by atoms with Crippen molar-refractivity contribution in [1.82, 2.24) is 4.90 Å². The highest BCUT2D eigenvalue weighted by molar-refractivity contribution is 5.79. The van der Waals surface area contributed by atoms with Gasteiger partial charge in [0.15, 0.2) is 0 Å². The van der Waals surface area contributed by atoms with E-state index in [1.165, 1.54) is 11.8 Å². The molecule has 0 aromatic carbocycles. The summed E-state index contributed by atoms with van der Waals surface area (Å²) in [5.74, 6) is 0.442.